The Balaban J connectivity index is 2.26. The molecule has 5 heteroatoms. The van der Waals surface area contributed by atoms with E-state index in [-0.39, 0.29) is 17.0 Å². The molecule has 0 bridgehead atoms. The summed E-state index contributed by atoms with van der Waals surface area (Å²) < 4.78 is 13.1. The van der Waals surface area contributed by atoms with Gasteiger partial charge in [0.15, 0.2) is 0 Å². The first-order valence-electron chi connectivity index (χ1n) is 4.52. The topological polar surface area (TPSA) is 49.7 Å². The molecule has 0 atom stereocenters. The van der Waals surface area contributed by atoms with Crippen molar-refractivity contribution in [2.75, 3.05) is 0 Å². The SMILES string of the molecule is O=C(O)C1=CN=C(c2cc(F)cc(Cl)c2)C1. The van der Waals surface area contributed by atoms with Crippen LogP contribution in [0.25, 0.3) is 0 Å². The highest BCUT2D eigenvalue weighted by atomic mass is 35.5. The molecule has 2 rings (SSSR count). The Hall–Kier alpha value is -1.68. The molecular weight excluding hydrogens is 233 g/mol. The molecule has 1 aromatic rings. The molecule has 1 N–H and O–H groups in total. The highest BCUT2D eigenvalue weighted by molar-refractivity contribution is 6.31. The zero-order chi connectivity index (χ0) is 11.7. The summed E-state index contributed by atoms with van der Waals surface area (Å²) in [6, 6.07) is 4.03. The van der Waals surface area contributed by atoms with Gasteiger partial charge in [0.2, 0.25) is 0 Å². The van der Waals surface area contributed by atoms with E-state index in [9.17, 15) is 9.18 Å². The molecule has 0 amide bonds. The van der Waals surface area contributed by atoms with E-state index in [1.807, 2.05) is 0 Å². The third kappa shape index (κ3) is 2.12. The zero-order valence-electron chi connectivity index (χ0n) is 8.08. The molecule has 1 aromatic carbocycles. The molecule has 0 aliphatic carbocycles. The fourth-order valence-corrected chi connectivity index (χ4v) is 1.68. The van der Waals surface area contributed by atoms with Crippen molar-refractivity contribution in [3.63, 3.8) is 0 Å². The highest BCUT2D eigenvalue weighted by Gasteiger charge is 2.18. The number of benzene rings is 1. The van der Waals surface area contributed by atoms with E-state index >= 15 is 0 Å². The predicted molar refractivity (Wildman–Crippen MR) is 58.3 cm³/mol. The molecule has 0 saturated heterocycles. The molecule has 1 aliphatic rings. The van der Waals surface area contributed by atoms with Crippen molar-refractivity contribution in [3.8, 4) is 0 Å². The van der Waals surface area contributed by atoms with Gasteiger partial charge in [-0.05, 0) is 18.2 Å². The van der Waals surface area contributed by atoms with Crippen LogP contribution in [-0.4, -0.2) is 16.8 Å². The first-order valence-corrected chi connectivity index (χ1v) is 4.89. The fourth-order valence-electron chi connectivity index (χ4n) is 1.46. The first kappa shape index (κ1) is 10.8. The van der Waals surface area contributed by atoms with Crippen molar-refractivity contribution in [2.45, 2.75) is 6.42 Å². The molecule has 1 heterocycles. The van der Waals surface area contributed by atoms with E-state index < -0.39 is 11.8 Å². The molecule has 82 valence electrons. The van der Waals surface area contributed by atoms with Crippen LogP contribution < -0.4 is 0 Å². The number of hydrogen-bond acceptors (Lipinski definition) is 2. The van der Waals surface area contributed by atoms with Crippen molar-refractivity contribution < 1.29 is 14.3 Å². The standard InChI is InChI=1S/C11H7ClFNO2/c12-8-1-6(2-9(13)4-8)10-3-7(5-14-10)11(15)16/h1-2,4-5H,3H2,(H,15,16). The van der Waals surface area contributed by atoms with Gasteiger partial charge in [-0.3, -0.25) is 4.99 Å². The van der Waals surface area contributed by atoms with Crippen LogP contribution in [0.5, 0.6) is 0 Å². The molecule has 0 aromatic heterocycles. The second-order valence-electron chi connectivity index (χ2n) is 3.37. The summed E-state index contributed by atoms with van der Waals surface area (Å²) in [7, 11) is 0. The number of aliphatic carboxylic acids is 1. The Morgan fingerprint density at radius 1 is 1.44 bits per heavy atom. The second-order valence-corrected chi connectivity index (χ2v) is 3.81. The number of rotatable bonds is 2. The molecule has 16 heavy (non-hydrogen) atoms. The molecule has 0 radical (unpaired) electrons. The van der Waals surface area contributed by atoms with Crippen molar-refractivity contribution >= 4 is 23.3 Å². The van der Waals surface area contributed by atoms with Gasteiger partial charge in [0.05, 0.1) is 11.3 Å². The number of hydrogen-bond donors (Lipinski definition) is 1. The van der Waals surface area contributed by atoms with Gasteiger partial charge in [0.25, 0.3) is 0 Å². The molecule has 3 nitrogen and oxygen atoms in total. The Bertz CT molecular complexity index is 502. The maximum Gasteiger partial charge on any atom is 0.333 e. The number of carboxylic acid groups (broad SMARTS) is 1. The summed E-state index contributed by atoms with van der Waals surface area (Å²) in [5.41, 5.74) is 1.21. The number of nitrogens with zero attached hydrogens (tertiary/aromatic N) is 1. The minimum Gasteiger partial charge on any atom is -0.478 e. The van der Waals surface area contributed by atoms with E-state index in [0.29, 0.717) is 11.3 Å². The lowest BCUT2D eigenvalue weighted by molar-refractivity contribution is -0.132. The summed E-state index contributed by atoms with van der Waals surface area (Å²) in [6.45, 7) is 0. The van der Waals surface area contributed by atoms with E-state index in [1.54, 1.807) is 6.07 Å². The predicted octanol–water partition coefficient (Wildman–Crippen LogP) is 2.64. The minimum absolute atomic E-state index is 0.190. The van der Waals surface area contributed by atoms with Gasteiger partial charge in [0.1, 0.15) is 5.82 Å². The highest BCUT2D eigenvalue weighted by Crippen LogP contribution is 2.21. The average molecular weight is 240 g/mol. The Kier molecular flexibility index (Phi) is 2.75. The summed E-state index contributed by atoms with van der Waals surface area (Å²) in [4.78, 5) is 14.6. The van der Waals surface area contributed by atoms with Crippen molar-refractivity contribution in [1.82, 2.24) is 0 Å². The first-order chi connectivity index (χ1) is 7.56. The van der Waals surface area contributed by atoms with Gasteiger partial charge in [-0.1, -0.05) is 11.6 Å². The van der Waals surface area contributed by atoms with Crippen LogP contribution in [-0.2, 0) is 4.79 Å². The molecule has 0 saturated carbocycles. The van der Waals surface area contributed by atoms with Crippen LogP contribution in [0.15, 0.2) is 35.0 Å². The quantitative estimate of drug-likeness (QED) is 0.863. The Morgan fingerprint density at radius 2 is 2.19 bits per heavy atom. The van der Waals surface area contributed by atoms with E-state index in [0.717, 1.165) is 0 Å². The van der Waals surface area contributed by atoms with E-state index in [2.05, 4.69) is 4.99 Å². The molecular formula is C11H7ClFNO2. The molecule has 0 fully saturated rings. The van der Waals surface area contributed by atoms with Gasteiger partial charge < -0.3 is 5.11 Å². The number of carbonyl (C=O) groups is 1. The van der Waals surface area contributed by atoms with Crippen LogP contribution in [0.4, 0.5) is 4.39 Å². The van der Waals surface area contributed by atoms with Crippen LogP contribution in [0.3, 0.4) is 0 Å². The van der Waals surface area contributed by atoms with Crippen molar-refractivity contribution in [1.29, 1.82) is 0 Å². The van der Waals surface area contributed by atoms with Gasteiger partial charge in [0, 0.05) is 23.2 Å². The molecule has 1 aliphatic heterocycles. The number of carboxylic acids is 1. The van der Waals surface area contributed by atoms with Crippen molar-refractivity contribution in [2.24, 2.45) is 4.99 Å². The Morgan fingerprint density at radius 3 is 2.75 bits per heavy atom. The van der Waals surface area contributed by atoms with Gasteiger partial charge in [-0.15, -0.1) is 0 Å². The summed E-state index contributed by atoms with van der Waals surface area (Å²) in [6.07, 6.45) is 1.46. The fraction of sp³-hybridized carbons (Fsp3) is 0.0909. The smallest absolute Gasteiger partial charge is 0.333 e. The minimum atomic E-state index is -1.01. The maximum atomic E-state index is 13.1. The summed E-state index contributed by atoms with van der Waals surface area (Å²) in [5, 5.41) is 9.01. The maximum absolute atomic E-state index is 13.1. The largest absolute Gasteiger partial charge is 0.478 e. The molecule has 0 spiro atoms. The van der Waals surface area contributed by atoms with Crippen LogP contribution in [0.1, 0.15) is 12.0 Å². The lowest BCUT2D eigenvalue weighted by Gasteiger charge is -2.02. The summed E-state index contributed by atoms with van der Waals surface area (Å²) >= 11 is 5.70. The zero-order valence-corrected chi connectivity index (χ0v) is 8.83. The normalized spacial score (nSPS) is 14.6. The number of halogens is 2. The average Bonchev–Trinajstić information content (AvgIpc) is 2.64. The van der Waals surface area contributed by atoms with Gasteiger partial charge >= 0.3 is 5.97 Å². The van der Waals surface area contributed by atoms with Crippen molar-refractivity contribution in [3.05, 3.63) is 46.4 Å². The third-order valence-corrected chi connectivity index (χ3v) is 2.42. The van der Waals surface area contributed by atoms with E-state index in [4.69, 9.17) is 16.7 Å². The number of aliphatic imine (C=N–C) groups is 1. The van der Waals surface area contributed by atoms with E-state index in [1.165, 1.54) is 18.3 Å². The van der Waals surface area contributed by atoms with Crippen LogP contribution >= 0.6 is 11.6 Å². The van der Waals surface area contributed by atoms with Gasteiger partial charge in [-0.25, -0.2) is 9.18 Å². The lowest BCUT2D eigenvalue weighted by atomic mass is 10.0. The monoisotopic (exact) mass is 239 g/mol. The Labute approximate surface area is 95.9 Å². The lowest BCUT2D eigenvalue weighted by Crippen LogP contribution is -2.04. The van der Waals surface area contributed by atoms with Crippen LogP contribution in [0.2, 0.25) is 5.02 Å². The second kappa shape index (κ2) is 4.06. The third-order valence-electron chi connectivity index (χ3n) is 2.20. The van der Waals surface area contributed by atoms with Gasteiger partial charge in [-0.2, -0.15) is 0 Å². The van der Waals surface area contributed by atoms with Crippen LogP contribution in [0, 0.1) is 5.82 Å². The molecule has 0 unspecified atom stereocenters. The summed E-state index contributed by atoms with van der Waals surface area (Å²) in [5.74, 6) is -1.48.